The Morgan fingerprint density at radius 1 is 1.30 bits per heavy atom. The summed E-state index contributed by atoms with van der Waals surface area (Å²) in [5.41, 5.74) is -1.97. The van der Waals surface area contributed by atoms with Crippen LogP contribution in [0.25, 0.3) is 0 Å². The molecule has 6 nitrogen and oxygen atoms in total. The zero-order valence-electron chi connectivity index (χ0n) is 12.2. The summed E-state index contributed by atoms with van der Waals surface area (Å²) < 4.78 is 43.1. The third-order valence-electron chi connectivity index (χ3n) is 4.06. The highest BCUT2D eigenvalue weighted by molar-refractivity contribution is 5.94. The van der Waals surface area contributed by atoms with Crippen molar-refractivity contribution in [3.05, 3.63) is 24.0 Å². The number of nitrogens with zero attached hydrogens (tertiary/aromatic N) is 3. The Balaban J connectivity index is 1.69. The van der Waals surface area contributed by atoms with Crippen molar-refractivity contribution >= 4 is 11.6 Å². The Bertz CT molecular complexity index is 596. The number of carbonyl (C=O) groups is 1. The number of aliphatic hydroxyl groups is 1. The number of hydrogen-bond donors (Lipinski definition) is 1. The highest BCUT2D eigenvalue weighted by Crippen LogP contribution is 2.38. The largest absolute Gasteiger partial charge is 0.420 e. The molecule has 2 saturated heterocycles. The zero-order chi connectivity index (χ0) is 16.7. The van der Waals surface area contributed by atoms with E-state index in [1.807, 2.05) is 4.90 Å². The second-order valence-corrected chi connectivity index (χ2v) is 5.69. The van der Waals surface area contributed by atoms with Gasteiger partial charge in [0.25, 0.3) is 5.91 Å². The van der Waals surface area contributed by atoms with Gasteiger partial charge in [-0.25, -0.2) is 0 Å². The van der Waals surface area contributed by atoms with Crippen LogP contribution in [0, 0.1) is 0 Å². The van der Waals surface area contributed by atoms with E-state index in [0.29, 0.717) is 26.3 Å². The normalized spacial score (nSPS) is 21.0. The van der Waals surface area contributed by atoms with E-state index < -0.39 is 30.8 Å². The summed E-state index contributed by atoms with van der Waals surface area (Å²) in [4.78, 5) is 19.1. The minimum absolute atomic E-state index is 0.0678. The first-order valence-electron chi connectivity index (χ1n) is 7.17. The van der Waals surface area contributed by atoms with E-state index in [0.717, 1.165) is 10.6 Å². The molecule has 0 aliphatic carbocycles. The van der Waals surface area contributed by atoms with Crippen LogP contribution in [-0.2, 0) is 4.74 Å². The molecule has 0 radical (unpaired) electrons. The van der Waals surface area contributed by atoms with Gasteiger partial charge in [0.05, 0.1) is 26.3 Å². The fraction of sp³-hybridized carbons (Fsp3) is 0.571. The molecule has 3 heterocycles. The second-order valence-electron chi connectivity index (χ2n) is 5.69. The van der Waals surface area contributed by atoms with Crippen LogP contribution in [0.2, 0.25) is 0 Å². The molecule has 0 atom stereocenters. The van der Waals surface area contributed by atoms with Gasteiger partial charge in [-0.2, -0.15) is 13.2 Å². The molecule has 9 heteroatoms. The number of carbonyl (C=O) groups excluding carboxylic acids is 1. The number of morpholine rings is 1. The van der Waals surface area contributed by atoms with E-state index in [1.54, 1.807) is 12.1 Å². The molecule has 0 aromatic carbocycles. The maximum Gasteiger partial charge on any atom is 0.420 e. The van der Waals surface area contributed by atoms with Crippen LogP contribution in [0.3, 0.4) is 0 Å². The van der Waals surface area contributed by atoms with Crippen LogP contribution in [0.4, 0.5) is 18.9 Å². The van der Waals surface area contributed by atoms with Crippen LogP contribution in [-0.4, -0.2) is 72.1 Å². The molecule has 1 N–H and O–H groups in total. The van der Waals surface area contributed by atoms with Crippen molar-refractivity contribution in [2.45, 2.75) is 11.8 Å². The average Bonchev–Trinajstić information content (AvgIpc) is 2.51. The lowest BCUT2D eigenvalue weighted by Gasteiger charge is -2.46. The van der Waals surface area contributed by atoms with Crippen molar-refractivity contribution in [1.82, 2.24) is 9.88 Å². The molecular formula is C14H16F3N3O3. The van der Waals surface area contributed by atoms with Crippen LogP contribution in [0.5, 0.6) is 0 Å². The standard InChI is InChI=1S/C14H16F3N3O3/c15-14(16,17)13(22)8-20(9-13)12(21)11-7-10(1-2-18-11)19-3-5-23-6-4-19/h1-2,7,22H,3-6,8-9H2. The fourth-order valence-corrected chi connectivity index (χ4v) is 2.62. The fourth-order valence-electron chi connectivity index (χ4n) is 2.62. The second kappa shape index (κ2) is 5.64. The molecule has 0 unspecified atom stereocenters. The molecule has 2 aliphatic rings. The molecule has 2 aliphatic heterocycles. The number of halogens is 3. The summed E-state index contributed by atoms with van der Waals surface area (Å²) in [6.45, 7) is 0.981. The minimum Gasteiger partial charge on any atom is -0.378 e. The molecule has 23 heavy (non-hydrogen) atoms. The Morgan fingerprint density at radius 2 is 1.96 bits per heavy atom. The minimum atomic E-state index is -4.74. The first-order valence-corrected chi connectivity index (χ1v) is 7.17. The Hall–Kier alpha value is -1.87. The smallest absolute Gasteiger partial charge is 0.378 e. The molecule has 1 aromatic rings. The van der Waals surface area contributed by atoms with Gasteiger partial charge in [0, 0.05) is 25.0 Å². The summed E-state index contributed by atoms with van der Waals surface area (Å²) in [6.07, 6.45) is -3.29. The van der Waals surface area contributed by atoms with Crippen molar-refractivity contribution in [1.29, 1.82) is 0 Å². The SMILES string of the molecule is O=C(c1cc(N2CCOCC2)ccn1)N1CC(O)(C(F)(F)F)C1. The number of pyridine rings is 1. The van der Waals surface area contributed by atoms with E-state index in [9.17, 15) is 23.1 Å². The highest BCUT2D eigenvalue weighted by Gasteiger charge is 2.62. The predicted molar refractivity (Wildman–Crippen MR) is 74.2 cm³/mol. The summed E-state index contributed by atoms with van der Waals surface area (Å²) in [5.74, 6) is -0.617. The number of β-amino-alcohol motifs (C(OH)–C–C–N with tert-alkyl or cyclic N) is 1. The predicted octanol–water partition coefficient (Wildman–Crippen LogP) is 0.667. The van der Waals surface area contributed by atoms with Crippen molar-refractivity contribution in [2.75, 3.05) is 44.3 Å². The summed E-state index contributed by atoms with van der Waals surface area (Å²) in [7, 11) is 0. The van der Waals surface area contributed by atoms with Gasteiger partial charge in [-0.15, -0.1) is 0 Å². The number of ether oxygens (including phenoxy) is 1. The Kier molecular flexibility index (Phi) is 3.93. The van der Waals surface area contributed by atoms with E-state index in [4.69, 9.17) is 4.74 Å². The number of amides is 1. The van der Waals surface area contributed by atoms with Crippen LogP contribution < -0.4 is 4.90 Å². The summed E-state index contributed by atoms with van der Waals surface area (Å²) in [5, 5.41) is 9.41. The number of alkyl halides is 3. The molecule has 3 rings (SSSR count). The van der Waals surface area contributed by atoms with Crippen LogP contribution >= 0.6 is 0 Å². The summed E-state index contributed by atoms with van der Waals surface area (Å²) >= 11 is 0. The highest BCUT2D eigenvalue weighted by atomic mass is 19.4. The lowest BCUT2D eigenvalue weighted by molar-refractivity contribution is -0.294. The van der Waals surface area contributed by atoms with Crippen molar-refractivity contribution < 1.29 is 27.8 Å². The topological polar surface area (TPSA) is 65.9 Å². The van der Waals surface area contributed by atoms with E-state index >= 15 is 0 Å². The molecule has 126 valence electrons. The lowest BCUT2D eigenvalue weighted by atomic mass is 9.93. The molecule has 2 fully saturated rings. The van der Waals surface area contributed by atoms with Gasteiger partial charge in [0.1, 0.15) is 5.69 Å². The number of rotatable bonds is 2. The number of hydrogen-bond acceptors (Lipinski definition) is 5. The summed E-state index contributed by atoms with van der Waals surface area (Å²) in [6, 6.07) is 3.29. The molecule has 1 aromatic heterocycles. The lowest BCUT2D eigenvalue weighted by Crippen LogP contribution is -2.70. The van der Waals surface area contributed by atoms with E-state index in [1.165, 1.54) is 6.20 Å². The van der Waals surface area contributed by atoms with Gasteiger partial charge < -0.3 is 19.6 Å². The van der Waals surface area contributed by atoms with Gasteiger partial charge in [-0.1, -0.05) is 0 Å². The zero-order valence-corrected chi connectivity index (χ0v) is 12.2. The molecule has 1 amide bonds. The van der Waals surface area contributed by atoms with Gasteiger partial charge in [0.2, 0.25) is 0 Å². The Morgan fingerprint density at radius 3 is 2.57 bits per heavy atom. The van der Waals surface area contributed by atoms with Crippen molar-refractivity contribution in [2.24, 2.45) is 0 Å². The number of anilines is 1. The van der Waals surface area contributed by atoms with Crippen LogP contribution in [0.15, 0.2) is 18.3 Å². The maximum atomic E-state index is 12.6. The van der Waals surface area contributed by atoms with E-state index in [2.05, 4.69) is 4.98 Å². The third kappa shape index (κ3) is 2.98. The molecular weight excluding hydrogens is 315 g/mol. The number of likely N-dealkylation sites (tertiary alicyclic amines) is 1. The quantitative estimate of drug-likeness (QED) is 0.863. The van der Waals surface area contributed by atoms with Gasteiger partial charge >= 0.3 is 6.18 Å². The van der Waals surface area contributed by atoms with Gasteiger partial charge in [-0.05, 0) is 12.1 Å². The maximum absolute atomic E-state index is 12.6. The van der Waals surface area contributed by atoms with Gasteiger partial charge in [-0.3, -0.25) is 9.78 Å². The molecule has 0 spiro atoms. The van der Waals surface area contributed by atoms with Crippen molar-refractivity contribution in [3.8, 4) is 0 Å². The van der Waals surface area contributed by atoms with Crippen molar-refractivity contribution in [3.63, 3.8) is 0 Å². The molecule has 0 bridgehead atoms. The van der Waals surface area contributed by atoms with E-state index in [-0.39, 0.29) is 5.69 Å². The first-order chi connectivity index (χ1) is 10.8. The van der Waals surface area contributed by atoms with Gasteiger partial charge in [0.15, 0.2) is 5.60 Å². The third-order valence-corrected chi connectivity index (χ3v) is 4.06. The molecule has 0 saturated carbocycles. The average molecular weight is 331 g/mol. The Labute approximate surface area is 130 Å². The van der Waals surface area contributed by atoms with Crippen LogP contribution in [0.1, 0.15) is 10.5 Å². The number of aromatic nitrogens is 1. The monoisotopic (exact) mass is 331 g/mol. The first kappa shape index (κ1) is 16.0.